The molecule has 0 atom stereocenters. The maximum Gasteiger partial charge on any atom is 0.146 e. The first-order valence-electron chi connectivity index (χ1n) is 5.46. The Hall–Kier alpha value is -1.16. The monoisotopic (exact) mass is 207 g/mol. The van der Waals surface area contributed by atoms with Gasteiger partial charge in [0.1, 0.15) is 5.78 Å². The van der Waals surface area contributed by atoms with Crippen molar-refractivity contribution < 1.29 is 4.79 Å². The van der Waals surface area contributed by atoms with Crippen molar-refractivity contribution in [3.05, 3.63) is 18.0 Å². The number of hydrogen-bond donors (Lipinski definition) is 0. The highest BCUT2D eigenvalue weighted by molar-refractivity contribution is 5.81. The fraction of sp³-hybridized carbons (Fsp3) is 0.636. The van der Waals surface area contributed by atoms with Gasteiger partial charge in [0.25, 0.3) is 0 Å². The Labute approximate surface area is 89.9 Å². The number of carbonyl (C=O) groups is 1. The van der Waals surface area contributed by atoms with Crippen LogP contribution >= 0.6 is 0 Å². The summed E-state index contributed by atoms with van der Waals surface area (Å²) in [5.41, 5.74) is 1.23. The molecule has 82 valence electrons. The van der Waals surface area contributed by atoms with Gasteiger partial charge in [-0.05, 0) is 19.0 Å². The molecule has 0 saturated carbocycles. The molecule has 0 aliphatic carbocycles. The average Bonchev–Trinajstić information content (AvgIpc) is 2.61. The highest BCUT2D eigenvalue weighted by Crippen LogP contribution is 2.07. The minimum atomic E-state index is 0.381. The second-order valence-electron chi connectivity index (χ2n) is 4.11. The third-order valence-corrected chi connectivity index (χ3v) is 2.94. The molecule has 1 saturated heterocycles. The second-order valence-corrected chi connectivity index (χ2v) is 4.11. The number of piperidine rings is 1. The van der Waals surface area contributed by atoms with Crippen LogP contribution in [-0.2, 0) is 18.3 Å². The number of ketones is 1. The first-order valence-corrected chi connectivity index (χ1v) is 5.46. The highest BCUT2D eigenvalue weighted by atomic mass is 16.1. The maximum atomic E-state index is 11.2. The zero-order valence-electron chi connectivity index (χ0n) is 9.15. The van der Waals surface area contributed by atoms with Gasteiger partial charge in [-0.1, -0.05) is 0 Å². The molecule has 0 bridgehead atoms. The molecule has 0 aromatic carbocycles. The van der Waals surface area contributed by atoms with E-state index in [1.807, 2.05) is 24.0 Å². The quantitative estimate of drug-likeness (QED) is 0.729. The van der Waals surface area contributed by atoms with Gasteiger partial charge in [-0.25, -0.2) is 0 Å². The molecule has 1 aromatic rings. The summed E-state index contributed by atoms with van der Waals surface area (Å²) >= 11 is 0. The number of likely N-dealkylation sites (tertiary alicyclic amines) is 1. The van der Waals surface area contributed by atoms with Gasteiger partial charge in [-0.15, -0.1) is 0 Å². The lowest BCUT2D eigenvalue weighted by Crippen LogP contribution is -2.37. The lowest BCUT2D eigenvalue weighted by Gasteiger charge is -2.25. The van der Waals surface area contributed by atoms with Crippen LogP contribution < -0.4 is 0 Å². The summed E-state index contributed by atoms with van der Waals surface area (Å²) in [6.07, 6.45) is 4.58. The minimum absolute atomic E-state index is 0.381. The van der Waals surface area contributed by atoms with E-state index in [4.69, 9.17) is 0 Å². The Balaban J connectivity index is 1.83. The molecular weight excluding hydrogens is 190 g/mol. The van der Waals surface area contributed by atoms with Crippen molar-refractivity contribution in [2.45, 2.75) is 19.3 Å². The predicted molar refractivity (Wildman–Crippen MR) is 57.6 cm³/mol. The average molecular weight is 207 g/mol. The number of Topliss-reactive ketones (excluding diaryl/α,β-unsaturated/α-hetero) is 1. The van der Waals surface area contributed by atoms with E-state index in [1.165, 1.54) is 5.69 Å². The van der Waals surface area contributed by atoms with Crippen molar-refractivity contribution in [1.29, 1.82) is 0 Å². The Morgan fingerprint density at radius 3 is 3.07 bits per heavy atom. The van der Waals surface area contributed by atoms with E-state index in [-0.39, 0.29) is 0 Å². The van der Waals surface area contributed by atoms with Crippen LogP contribution in [0.15, 0.2) is 12.3 Å². The van der Waals surface area contributed by atoms with Gasteiger partial charge in [0.15, 0.2) is 0 Å². The summed E-state index contributed by atoms with van der Waals surface area (Å²) in [6.45, 7) is 2.66. The maximum absolute atomic E-state index is 11.2. The number of aryl methyl sites for hydroxylation is 1. The smallest absolute Gasteiger partial charge is 0.146 e. The number of nitrogens with zero attached hydrogens (tertiary/aromatic N) is 3. The van der Waals surface area contributed by atoms with Crippen LogP contribution in [-0.4, -0.2) is 40.1 Å². The molecule has 2 heterocycles. The molecule has 4 nitrogen and oxygen atoms in total. The van der Waals surface area contributed by atoms with Crippen LogP contribution in [0, 0.1) is 0 Å². The number of rotatable bonds is 3. The fourth-order valence-electron chi connectivity index (χ4n) is 2.02. The molecule has 0 amide bonds. The molecule has 1 aliphatic heterocycles. The van der Waals surface area contributed by atoms with Crippen molar-refractivity contribution in [3.8, 4) is 0 Å². The molecular formula is C11H17N3O. The molecule has 1 aromatic heterocycles. The lowest BCUT2D eigenvalue weighted by molar-refractivity contribution is -0.122. The lowest BCUT2D eigenvalue weighted by atomic mass is 10.1. The topological polar surface area (TPSA) is 38.1 Å². The Kier molecular flexibility index (Phi) is 3.16. The SMILES string of the molecule is Cn1nccc1CCN1CCCC(=O)C1. The number of aromatic nitrogens is 2. The second kappa shape index (κ2) is 4.57. The third kappa shape index (κ3) is 2.65. The summed E-state index contributed by atoms with van der Waals surface area (Å²) < 4.78 is 1.89. The highest BCUT2D eigenvalue weighted by Gasteiger charge is 2.16. The van der Waals surface area contributed by atoms with E-state index in [2.05, 4.69) is 10.00 Å². The van der Waals surface area contributed by atoms with Gasteiger partial charge in [0.05, 0.1) is 6.54 Å². The van der Waals surface area contributed by atoms with E-state index >= 15 is 0 Å². The molecule has 0 spiro atoms. The van der Waals surface area contributed by atoms with Gasteiger partial charge in [0, 0.05) is 38.3 Å². The van der Waals surface area contributed by atoms with Crippen molar-refractivity contribution in [2.24, 2.45) is 7.05 Å². The van der Waals surface area contributed by atoms with Crippen molar-refractivity contribution >= 4 is 5.78 Å². The zero-order valence-corrected chi connectivity index (χ0v) is 9.15. The Bertz CT molecular complexity index is 345. The summed E-state index contributed by atoms with van der Waals surface area (Å²) in [5.74, 6) is 0.381. The summed E-state index contributed by atoms with van der Waals surface area (Å²) in [6, 6.07) is 2.03. The van der Waals surface area contributed by atoms with Crippen LogP contribution in [0.4, 0.5) is 0 Å². The summed E-state index contributed by atoms with van der Waals surface area (Å²) in [4.78, 5) is 13.5. The van der Waals surface area contributed by atoms with Crippen molar-refractivity contribution in [3.63, 3.8) is 0 Å². The molecule has 15 heavy (non-hydrogen) atoms. The number of carbonyl (C=O) groups excluding carboxylic acids is 1. The molecule has 1 fully saturated rings. The van der Waals surface area contributed by atoms with E-state index in [9.17, 15) is 4.79 Å². The van der Waals surface area contributed by atoms with E-state index in [0.29, 0.717) is 12.3 Å². The Morgan fingerprint density at radius 2 is 2.40 bits per heavy atom. The largest absolute Gasteiger partial charge is 0.298 e. The molecule has 1 aliphatic rings. The summed E-state index contributed by atoms with van der Waals surface area (Å²) in [5, 5.41) is 4.13. The standard InChI is InChI=1S/C11H17N3O/c1-13-10(4-6-12-13)5-8-14-7-2-3-11(15)9-14/h4,6H,2-3,5,7-9H2,1H3. The van der Waals surface area contributed by atoms with Gasteiger partial charge in [-0.3, -0.25) is 14.4 Å². The number of hydrogen-bond acceptors (Lipinski definition) is 3. The van der Waals surface area contributed by atoms with Gasteiger partial charge in [0.2, 0.25) is 0 Å². The van der Waals surface area contributed by atoms with Gasteiger partial charge < -0.3 is 0 Å². The van der Waals surface area contributed by atoms with Gasteiger partial charge >= 0.3 is 0 Å². The van der Waals surface area contributed by atoms with E-state index < -0.39 is 0 Å². The van der Waals surface area contributed by atoms with E-state index in [1.54, 1.807) is 0 Å². The van der Waals surface area contributed by atoms with Crippen molar-refractivity contribution in [2.75, 3.05) is 19.6 Å². The first kappa shape index (κ1) is 10.4. The molecule has 4 heteroatoms. The molecule has 2 rings (SSSR count). The minimum Gasteiger partial charge on any atom is -0.298 e. The van der Waals surface area contributed by atoms with Crippen LogP contribution in [0.1, 0.15) is 18.5 Å². The first-order chi connectivity index (χ1) is 7.25. The van der Waals surface area contributed by atoms with Crippen LogP contribution in [0.25, 0.3) is 0 Å². The van der Waals surface area contributed by atoms with Crippen LogP contribution in [0.2, 0.25) is 0 Å². The third-order valence-electron chi connectivity index (χ3n) is 2.94. The Morgan fingerprint density at radius 1 is 1.53 bits per heavy atom. The fourth-order valence-corrected chi connectivity index (χ4v) is 2.02. The van der Waals surface area contributed by atoms with Crippen molar-refractivity contribution in [1.82, 2.24) is 14.7 Å². The van der Waals surface area contributed by atoms with Crippen LogP contribution in [0.3, 0.4) is 0 Å². The molecule has 0 unspecified atom stereocenters. The zero-order chi connectivity index (χ0) is 10.7. The molecule has 0 radical (unpaired) electrons. The predicted octanol–water partition coefficient (Wildman–Crippen LogP) is 0.627. The normalized spacial score (nSPS) is 18.3. The summed E-state index contributed by atoms with van der Waals surface area (Å²) in [7, 11) is 1.96. The van der Waals surface area contributed by atoms with Gasteiger partial charge in [-0.2, -0.15) is 5.10 Å². The van der Waals surface area contributed by atoms with Crippen LogP contribution in [0.5, 0.6) is 0 Å². The molecule has 0 N–H and O–H groups in total. The van der Waals surface area contributed by atoms with E-state index in [0.717, 1.165) is 32.4 Å².